The summed E-state index contributed by atoms with van der Waals surface area (Å²) in [6, 6.07) is 3.63. The van der Waals surface area contributed by atoms with Crippen LogP contribution in [-0.2, 0) is 4.74 Å². The molecule has 0 bridgehead atoms. The molecule has 0 aliphatic rings. The number of nitrogens with one attached hydrogen (secondary N) is 1. The molecule has 11 heavy (non-hydrogen) atoms. The van der Waals surface area contributed by atoms with Gasteiger partial charge in [0.2, 0.25) is 0 Å². The molecule has 0 aliphatic heterocycles. The molecule has 1 N–H and O–H groups in total. The van der Waals surface area contributed by atoms with E-state index in [-0.39, 0.29) is 12.5 Å². The van der Waals surface area contributed by atoms with Crippen LogP contribution in [-0.4, -0.2) is 12.5 Å². The molecule has 0 rings (SSSR count). The highest BCUT2D eigenvalue weighted by atomic mass is 16.5. The van der Waals surface area contributed by atoms with E-state index in [0.717, 1.165) is 0 Å². The Morgan fingerprint density at radius 2 is 2.09 bits per heavy atom. The molecule has 0 aromatic heterocycles. The molecular formula is C7H9N3O. The first-order valence-electron chi connectivity index (χ1n) is 3.18. The van der Waals surface area contributed by atoms with Crippen molar-refractivity contribution in [1.29, 1.82) is 15.9 Å². The van der Waals surface area contributed by atoms with Crippen LogP contribution in [0, 0.1) is 34.0 Å². The van der Waals surface area contributed by atoms with Gasteiger partial charge in [-0.1, -0.05) is 0 Å². The van der Waals surface area contributed by atoms with Crippen molar-refractivity contribution >= 4 is 5.90 Å². The van der Waals surface area contributed by atoms with E-state index in [1.165, 1.54) is 6.92 Å². The van der Waals surface area contributed by atoms with Crippen molar-refractivity contribution in [1.82, 2.24) is 0 Å². The molecule has 0 fully saturated rings. The highest BCUT2D eigenvalue weighted by Gasteiger charge is 2.04. The normalized spacial score (nSPS) is 8.36. The Balaban J connectivity index is 3.48. The third-order valence-corrected chi connectivity index (χ3v) is 1.04. The molecule has 58 valence electrons. The van der Waals surface area contributed by atoms with Crippen LogP contribution in [0.5, 0.6) is 0 Å². The molecule has 0 aliphatic carbocycles. The summed E-state index contributed by atoms with van der Waals surface area (Å²) < 4.78 is 4.76. The fraction of sp³-hybridized carbons (Fsp3) is 0.571. The molecule has 4 heteroatoms. The van der Waals surface area contributed by atoms with E-state index in [0.29, 0.717) is 6.42 Å². The van der Waals surface area contributed by atoms with Gasteiger partial charge in [0, 0.05) is 13.3 Å². The second kappa shape index (κ2) is 5.25. The summed E-state index contributed by atoms with van der Waals surface area (Å²) >= 11 is 0. The minimum atomic E-state index is -0.616. The summed E-state index contributed by atoms with van der Waals surface area (Å²) in [5.74, 6) is -0.506. The number of ether oxygens (including phenoxy) is 1. The van der Waals surface area contributed by atoms with Crippen LogP contribution in [0.25, 0.3) is 0 Å². The van der Waals surface area contributed by atoms with Gasteiger partial charge in [-0.25, -0.2) is 0 Å². The standard InChI is InChI=1S/C7H9N3O/c1-6(10)11-3-2-7(4-8)5-9/h7,10H,2-3H2,1H3. The maximum absolute atomic E-state index is 8.31. The van der Waals surface area contributed by atoms with Gasteiger partial charge >= 0.3 is 0 Å². The molecule has 0 radical (unpaired) electrons. The van der Waals surface area contributed by atoms with Crippen molar-refractivity contribution in [2.24, 2.45) is 5.92 Å². The zero-order valence-electron chi connectivity index (χ0n) is 6.29. The maximum Gasteiger partial charge on any atom is 0.177 e. The Labute approximate surface area is 65.5 Å². The molecule has 0 saturated carbocycles. The lowest BCUT2D eigenvalue weighted by Gasteiger charge is -2.01. The lowest BCUT2D eigenvalue weighted by Crippen LogP contribution is -2.04. The smallest absolute Gasteiger partial charge is 0.177 e. The number of nitrogens with zero attached hydrogens (tertiary/aromatic N) is 2. The zero-order chi connectivity index (χ0) is 8.69. The van der Waals surface area contributed by atoms with Crippen LogP contribution in [0.2, 0.25) is 0 Å². The Bertz CT molecular complexity index is 197. The summed E-state index contributed by atoms with van der Waals surface area (Å²) in [4.78, 5) is 0. The van der Waals surface area contributed by atoms with Gasteiger partial charge in [-0.15, -0.1) is 0 Å². The van der Waals surface area contributed by atoms with Gasteiger partial charge < -0.3 is 4.74 Å². The van der Waals surface area contributed by atoms with Crippen molar-refractivity contribution in [2.45, 2.75) is 13.3 Å². The third kappa shape index (κ3) is 4.92. The molecule has 0 saturated heterocycles. The van der Waals surface area contributed by atoms with Gasteiger partial charge in [0.15, 0.2) is 5.90 Å². The van der Waals surface area contributed by atoms with Crippen LogP contribution in [0.4, 0.5) is 0 Å². The lowest BCUT2D eigenvalue weighted by atomic mass is 10.1. The highest BCUT2D eigenvalue weighted by Crippen LogP contribution is 1.98. The van der Waals surface area contributed by atoms with Crippen LogP contribution in [0.3, 0.4) is 0 Å². The van der Waals surface area contributed by atoms with E-state index < -0.39 is 5.92 Å². The summed E-state index contributed by atoms with van der Waals surface area (Å²) in [5.41, 5.74) is 0. The molecule has 0 spiro atoms. The molecular weight excluding hydrogens is 142 g/mol. The largest absolute Gasteiger partial charge is 0.481 e. The fourth-order valence-electron chi connectivity index (χ4n) is 0.488. The predicted molar refractivity (Wildman–Crippen MR) is 38.7 cm³/mol. The van der Waals surface area contributed by atoms with Gasteiger partial charge in [-0.05, 0) is 0 Å². The molecule has 0 aromatic rings. The number of nitriles is 2. The van der Waals surface area contributed by atoms with Crippen molar-refractivity contribution in [3.05, 3.63) is 0 Å². The summed E-state index contributed by atoms with van der Waals surface area (Å²) in [6.07, 6.45) is 0.364. The second-order valence-corrected chi connectivity index (χ2v) is 2.00. The molecule has 0 amide bonds. The molecule has 0 heterocycles. The van der Waals surface area contributed by atoms with E-state index in [1.807, 2.05) is 12.1 Å². The molecule has 0 unspecified atom stereocenters. The zero-order valence-corrected chi connectivity index (χ0v) is 6.29. The predicted octanol–water partition coefficient (Wildman–Crippen LogP) is 1.05. The number of hydrogen-bond donors (Lipinski definition) is 1. The minimum absolute atomic E-state index is 0.111. The average Bonchev–Trinajstić information content (AvgIpc) is 1.98. The molecule has 0 atom stereocenters. The van der Waals surface area contributed by atoms with Gasteiger partial charge in [0.1, 0.15) is 5.92 Å². The third-order valence-electron chi connectivity index (χ3n) is 1.04. The quantitative estimate of drug-likeness (QED) is 0.483. The van der Waals surface area contributed by atoms with Gasteiger partial charge in [0.25, 0.3) is 0 Å². The van der Waals surface area contributed by atoms with E-state index in [4.69, 9.17) is 20.7 Å². The van der Waals surface area contributed by atoms with Crippen molar-refractivity contribution in [3.63, 3.8) is 0 Å². The Kier molecular flexibility index (Phi) is 4.51. The summed E-state index contributed by atoms with van der Waals surface area (Å²) in [6.45, 7) is 1.77. The maximum atomic E-state index is 8.31. The monoisotopic (exact) mass is 151 g/mol. The van der Waals surface area contributed by atoms with Gasteiger partial charge in [-0.2, -0.15) is 10.5 Å². The van der Waals surface area contributed by atoms with E-state index in [1.54, 1.807) is 0 Å². The first kappa shape index (κ1) is 9.45. The fourth-order valence-corrected chi connectivity index (χ4v) is 0.488. The van der Waals surface area contributed by atoms with Gasteiger partial charge in [0.05, 0.1) is 18.7 Å². The van der Waals surface area contributed by atoms with Crippen LogP contribution in [0.1, 0.15) is 13.3 Å². The van der Waals surface area contributed by atoms with E-state index in [9.17, 15) is 0 Å². The topological polar surface area (TPSA) is 80.7 Å². The lowest BCUT2D eigenvalue weighted by molar-refractivity contribution is 0.286. The van der Waals surface area contributed by atoms with Crippen LogP contribution in [0.15, 0.2) is 0 Å². The SMILES string of the molecule is CC(=N)OCCC(C#N)C#N. The first-order chi connectivity index (χ1) is 5.20. The van der Waals surface area contributed by atoms with Crippen LogP contribution >= 0.6 is 0 Å². The second-order valence-electron chi connectivity index (χ2n) is 2.00. The number of rotatable bonds is 3. The average molecular weight is 151 g/mol. The summed E-state index contributed by atoms with van der Waals surface area (Å²) in [7, 11) is 0. The minimum Gasteiger partial charge on any atom is -0.481 e. The van der Waals surface area contributed by atoms with Crippen LogP contribution < -0.4 is 0 Å². The van der Waals surface area contributed by atoms with E-state index in [2.05, 4.69) is 0 Å². The van der Waals surface area contributed by atoms with Crippen molar-refractivity contribution in [3.8, 4) is 12.1 Å². The van der Waals surface area contributed by atoms with Crippen molar-refractivity contribution < 1.29 is 4.74 Å². The van der Waals surface area contributed by atoms with Crippen molar-refractivity contribution in [2.75, 3.05) is 6.61 Å². The Hall–Kier alpha value is -1.55. The Morgan fingerprint density at radius 3 is 2.45 bits per heavy atom. The number of hydrogen-bond acceptors (Lipinski definition) is 4. The molecule has 0 aromatic carbocycles. The highest BCUT2D eigenvalue weighted by molar-refractivity contribution is 5.69. The molecule has 4 nitrogen and oxygen atoms in total. The Morgan fingerprint density at radius 1 is 1.55 bits per heavy atom. The van der Waals surface area contributed by atoms with Gasteiger partial charge in [-0.3, -0.25) is 5.41 Å². The van der Waals surface area contributed by atoms with E-state index >= 15 is 0 Å². The summed E-state index contributed by atoms with van der Waals surface area (Å²) in [5, 5.41) is 23.5. The first-order valence-corrected chi connectivity index (χ1v) is 3.18.